The molecule has 0 atom stereocenters. The normalized spacial score (nSPS) is 15.2. The molecule has 1 fully saturated rings. The topological polar surface area (TPSA) is 88.2 Å². The molecule has 0 aromatic heterocycles. The average molecular weight is 462 g/mol. The van der Waals surface area contributed by atoms with Crippen LogP contribution < -0.4 is 14.2 Å². The number of nitrogens with zero attached hydrogens (tertiary/aromatic N) is 2. The van der Waals surface area contributed by atoms with Gasteiger partial charge in [-0.1, -0.05) is 13.0 Å². The number of carbonyl (C=O) groups is 1. The van der Waals surface area contributed by atoms with Crippen molar-refractivity contribution in [2.24, 2.45) is 0 Å². The molecule has 1 amide bonds. The van der Waals surface area contributed by atoms with E-state index in [0.29, 0.717) is 35.8 Å². The standard InChI is InChI=1S/C23H31N3O5S/c1-4-11-25-12-6-13-26(15-14-25)23(27)18-7-5-8-19(16-18)24-32(28,29)20-9-10-21(30-2)22(17-20)31-3/h5,7-10,16-17,24H,4,6,11-15H2,1-3H3. The lowest BCUT2D eigenvalue weighted by atomic mass is 10.1. The Balaban J connectivity index is 1.75. The fraction of sp³-hybridized carbons (Fsp3) is 0.435. The minimum atomic E-state index is -3.87. The van der Waals surface area contributed by atoms with E-state index in [1.54, 1.807) is 24.3 Å². The van der Waals surface area contributed by atoms with Crippen molar-refractivity contribution in [3.05, 3.63) is 48.0 Å². The highest BCUT2D eigenvalue weighted by Gasteiger charge is 2.21. The van der Waals surface area contributed by atoms with Gasteiger partial charge in [-0.15, -0.1) is 0 Å². The summed E-state index contributed by atoms with van der Waals surface area (Å²) in [5.41, 5.74) is 0.787. The minimum Gasteiger partial charge on any atom is -0.493 e. The Kier molecular flexibility index (Phi) is 7.98. The molecule has 0 spiro atoms. The summed E-state index contributed by atoms with van der Waals surface area (Å²) in [6.45, 7) is 6.40. The van der Waals surface area contributed by atoms with E-state index in [1.807, 2.05) is 4.90 Å². The summed E-state index contributed by atoms with van der Waals surface area (Å²) in [5, 5.41) is 0. The highest BCUT2D eigenvalue weighted by atomic mass is 32.2. The Morgan fingerprint density at radius 1 is 1.00 bits per heavy atom. The largest absolute Gasteiger partial charge is 0.493 e. The fourth-order valence-electron chi connectivity index (χ4n) is 3.81. The lowest BCUT2D eigenvalue weighted by molar-refractivity contribution is 0.0761. The van der Waals surface area contributed by atoms with Gasteiger partial charge in [0.25, 0.3) is 15.9 Å². The molecule has 3 rings (SSSR count). The van der Waals surface area contributed by atoms with Gasteiger partial charge in [-0.2, -0.15) is 0 Å². The smallest absolute Gasteiger partial charge is 0.262 e. The zero-order valence-corrected chi connectivity index (χ0v) is 19.7. The predicted octanol–water partition coefficient (Wildman–Crippen LogP) is 3.06. The summed E-state index contributed by atoms with van der Waals surface area (Å²) < 4.78 is 38.7. The van der Waals surface area contributed by atoms with Gasteiger partial charge in [0.05, 0.1) is 19.1 Å². The number of hydrogen-bond donors (Lipinski definition) is 1. The molecule has 9 heteroatoms. The zero-order chi connectivity index (χ0) is 23.1. The second-order valence-corrected chi connectivity index (χ2v) is 9.37. The van der Waals surface area contributed by atoms with Crippen molar-refractivity contribution < 1.29 is 22.7 Å². The van der Waals surface area contributed by atoms with E-state index in [-0.39, 0.29) is 10.8 Å². The lowest BCUT2D eigenvalue weighted by Crippen LogP contribution is -2.35. The Morgan fingerprint density at radius 2 is 1.78 bits per heavy atom. The first kappa shape index (κ1) is 23.9. The number of ether oxygens (including phenoxy) is 2. The highest BCUT2D eigenvalue weighted by Crippen LogP contribution is 2.30. The molecule has 0 radical (unpaired) electrons. The number of hydrogen-bond acceptors (Lipinski definition) is 6. The number of sulfonamides is 1. The summed E-state index contributed by atoms with van der Waals surface area (Å²) in [5.74, 6) is 0.669. The maximum atomic E-state index is 13.1. The molecule has 0 saturated carbocycles. The van der Waals surface area contributed by atoms with Crippen LogP contribution in [-0.2, 0) is 10.0 Å². The fourth-order valence-corrected chi connectivity index (χ4v) is 4.87. The van der Waals surface area contributed by atoms with Crippen molar-refractivity contribution in [3.63, 3.8) is 0 Å². The minimum absolute atomic E-state index is 0.0374. The van der Waals surface area contributed by atoms with Crippen molar-refractivity contribution in [2.75, 3.05) is 51.7 Å². The van der Waals surface area contributed by atoms with Gasteiger partial charge in [0, 0.05) is 37.0 Å². The summed E-state index contributed by atoms with van der Waals surface area (Å²) in [6, 6.07) is 11.0. The van der Waals surface area contributed by atoms with Crippen LogP contribution in [0.3, 0.4) is 0 Å². The molecule has 0 unspecified atom stereocenters. The van der Waals surface area contributed by atoms with Gasteiger partial charge < -0.3 is 19.3 Å². The second-order valence-electron chi connectivity index (χ2n) is 7.69. The molecule has 1 heterocycles. The molecular formula is C23H31N3O5S. The molecule has 2 aromatic carbocycles. The number of anilines is 1. The van der Waals surface area contributed by atoms with Crippen molar-refractivity contribution in [3.8, 4) is 11.5 Å². The Morgan fingerprint density at radius 3 is 2.50 bits per heavy atom. The van der Waals surface area contributed by atoms with Gasteiger partial charge in [0.2, 0.25) is 0 Å². The maximum Gasteiger partial charge on any atom is 0.262 e. The summed E-state index contributed by atoms with van der Waals surface area (Å²) in [7, 11) is -0.945. The molecule has 2 aromatic rings. The number of nitrogens with one attached hydrogen (secondary N) is 1. The van der Waals surface area contributed by atoms with Crippen LogP contribution in [0.1, 0.15) is 30.1 Å². The molecule has 8 nitrogen and oxygen atoms in total. The van der Waals surface area contributed by atoms with E-state index in [2.05, 4.69) is 16.5 Å². The van der Waals surface area contributed by atoms with Gasteiger partial charge >= 0.3 is 0 Å². The molecule has 1 saturated heterocycles. The van der Waals surface area contributed by atoms with Crippen molar-refractivity contribution in [1.82, 2.24) is 9.80 Å². The molecule has 0 aliphatic carbocycles. The van der Waals surface area contributed by atoms with E-state index in [0.717, 1.165) is 32.5 Å². The van der Waals surface area contributed by atoms with Gasteiger partial charge in [0.15, 0.2) is 11.5 Å². The third-order valence-corrected chi connectivity index (χ3v) is 6.82. The number of rotatable bonds is 8. The van der Waals surface area contributed by atoms with E-state index in [9.17, 15) is 13.2 Å². The average Bonchev–Trinajstić information content (AvgIpc) is 3.04. The van der Waals surface area contributed by atoms with Crippen LogP contribution in [0.15, 0.2) is 47.4 Å². The molecule has 1 aliphatic heterocycles. The Hall–Kier alpha value is -2.78. The molecular weight excluding hydrogens is 430 g/mol. The summed E-state index contributed by atoms with van der Waals surface area (Å²) >= 11 is 0. The molecule has 1 aliphatic rings. The first-order valence-corrected chi connectivity index (χ1v) is 12.2. The predicted molar refractivity (Wildman–Crippen MR) is 124 cm³/mol. The van der Waals surface area contributed by atoms with Crippen LogP contribution >= 0.6 is 0 Å². The lowest BCUT2D eigenvalue weighted by Gasteiger charge is -2.22. The van der Waals surface area contributed by atoms with Crippen molar-refractivity contribution >= 4 is 21.6 Å². The number of amides is 1. The van der Waals surface area contributed by atoms with E-state index < -0.39 is 10.0 Å². The van der Waals surface area contributed by atoms with Gasteiger partial charge in [-0.25, -0.2) is 8.42 Å². The van der Waals surface area contributed by atoms with Gasteiger partial charge in [-0.05, 0) is 56.3 Å². The highest BCUT2D eigenvalue weighted by molar-refractivity contribution is 7.92. The number of benzene rings is 2. The number of methoxy groups -OCH3 is 2. The van der Waals surface area contributed by atoms with Crippen LogP contribution in [0.5, 0.6) is 11.5 Å². The summed E-state index contributed by atoms with van der Waals surface area (Å²) in [6.07, 6.45) is 2.02. The second kappa shape index (κ2) is 10.7. The first-order chi connectivity index (χ1) is 15.4. The SMILES string of the molecule is CCCN1CCCN(C(=O)c2cccc(NS(=O)(=O)c3ccc(OC)c(OC)c3)c2)CC1. The van der Waals surface area contributed by atoms with Gasteiger partial charge in [0.1, 0.15) is 0 Å². The van der Waals surface area contributed by atoms with E-state index in [4.69, 9.17) is 9.47 Å². The molecule has 0 bridgehead atoms. The molecule has 174 valence electrons. The van der Waals surface area contributed by atoms with Crippen LogP contribution in [0.25, 0.3) is 0 Å². The first-order valence-electron chi connectivity index (χ1n) is 10.7. The number of carbonyl (C=O) groups excluding carboxylic acids is 1. The van der Waals surface area contributed by atoms with Crippen LogP contribution in [-0.4, -0.2) is 71.1 Å². The third kappa shape index (κ3) is 5.72. The van der Waals surface area contributed by atoms with Crippen LogP contribution in [0.4, 0.5) is 5.69 Å². The maximum absolute atomic E-state index is 13.1. The zero-order valence-electron chi connectivity index (χ0n) is 18.8. The quantitative estimate of drug-likeness (QED) is 0.650. The molecule has 32 heavy (non-hydrogen) atoms. The van der Waals surface area contributed by atoms with E-state index >= 15 is 0 Å². The third-order valence-electron chi connectivity index (χ3n) is 5.44. The van der Waals surface area contributed by atoms with Crippen LogP contribution in [0, 0.1) is 0 Å². The van der Waals surface area contributed by atoms with Gasteiger partial charge in [-0.3, -0.25) is 9.52 Å². The Bertz CT molecular complexity index is 1040. The molecule has 1 N–H and O–H groups in total. The van der Waals surface area contributed by atoms with Crippen molar-refractivity contribution in [2.45, 2.75) is 24.7 Å². The monoisotopic (exact) mass is 461 g/mol. The summed E-state index contributed by atoms with van der Waals surface area (Å²) in [4.78, 5) is 17.3. The Labute approximate surface area is 190 Å². The van der Waals surface area contributed by atoms with Crippen molar-refractivity contribution in [1.29, 1.82) is 0 Å². The van der Waals surface area contributed by atoms with E-state index in [1.165, 1.54) is 32.4 Å². The van der Waals surface area contributed by atoms with Crippen LogP contribution in [0.2, 0.25) is 0 Å².